The van der Waals surface area contributed by atoms with Crippen molar-refractivity contribution in [3.63, 3.8) is 0 Å². The maximum Gasteiger partial charge on any atom is 0.244 e. The largest absolute Gasteiger partial charge is 0.351 e. The van der Waals surface area contributed by atoms with Crippen LogP contribution in [-0.2, 0) is 11.8 Å². The van der Waals surface area contributed by atoms with Gasteiger partial charge in [0.2, 0.25) is 5.91 Å². The number of aromatic nitrogens is 1. The van der Waals surface area contributed by atoms with Crippen LogP contribution in [0.4, 0.5) is 0 Å². The minimum absolute atomic E-state index is 0.0825. The Kier molecular flexibility index (Phi) is 5.54. The smallest absolute Gasteiger partial charge is 0.244 e. The maximum atomic E-state index is 12.2. The summed E-state index contributed by atoms with van der Waals surface area (Å²) in [6, 6.07) is 18.3. The minimum Gasteiger partial charge on any atom is -0.351 e. The lowest BCUT2D eigenvalue weighted by Gasteiger charge is -2.24. The Labute approximate surface area is 154 Å². The Morgan fingerprint density at radius 3 is 2.54 bits per heavy atom. The van der Waals surface area contributed by atoms with E-state index in [1.165, 1.54) is 16.5 Å². The number of nitrogens with zero attached hydrogens (tertiary/aromatic N) is 2. The zero-order chi connectivity index (χ0) is 18.5. The van der Waals surface area contributed by atoms with E-state index >= 15 is 0 Å². The number of likely N-dealkylation sites (N-methyl/N-ethyl adjacent to an activating group) is 1. The summed E-state index contributed by atoms with van der Waals surface area (Å²) in [7, 11) is 6.14. The first-order valence-corrected chi connectivity index (χ1v) is 8.77. The fraction of sp³-hybridized carbons (Fsp3) is 0.227. The molecule has 0 fully saturated rings. The van der Waals surface area contributed by atoms with E-state index in [2.05, 4.69) is 46.2 Å². The molecule has 0 aliphatic carbocycles. The minimum atomic E-state index is -0.0825. The third-order valence-corrected chi connectivity index (χ3v) is 4.61. The van der Waals surface area contributed by atoms with E-state index in [0.717, 1.165) is 5.56 Å². The molecule has 0 saturated heterocycles. The number of nitrogens with one attached hydrogen (secondary N) is 1. The Balaban J connectivity index is 1.73. The van der Waals surface area contributed by atoms with Crippen LogP contribution in [0.2, 0.25) is 0 Å². The second-order valence-corrected chi connectivity index (χ2v) is 6.68. The van der Waals surface area contributed by atoms with E-state index in [-0.39, 0.29) is 11.9 Å². The van der Waals surface area contributed by atoms with Crippen molar-refractivity contribution in [1.82, 2.24) is 14.8 Å². The highest BCUT2D eigenvalue weighted by molar-refractivity contribution is 5.91. The number of fused-ring (bicyclic) bond motifs is 1. The van der Waals surface area contributed by atoms with Crippen LogP contribution in [0, 0.1) is 0 Å². The van der Waals surface area contributed by atoms with Gasteiger partial charge in [0.15, 0.2) is 0 Å². The molecule has 0 saturated carbocycles. The average molecular weight is 347 g/mol. The van der Waals surface area contributed by atoms with Crippen molar-refractivity contribution in [3.8, 4) is 0 Å². The molecule has 0 aliphatic rings. The lowest BCUT2D eigenvalue weighted by atomic mass is 10.0. The van der Waals surface area contributed by atoms with Gasteiger partial charge in [0.05, 0.1) is 6.04 Å². The Bertz CT molecular complexity index is 910. The summed E-state index contributed by atoms with van der Waals surface area (Å²) in [4.78, 5) is 14.4. The predicted molar refractivity (Wildman–Crippen MR) is 108 cm³/mol. The van der Waals surface area contributed by atoms with Crippen LogP contribution < -0.4 is 5.32 Å². The van der Waals surface area contributed by atoms with Crippen molar-refractivity contribution in [2.75, 3.05) is 20.6 Å². The van der Waals surface area contributed by atoms with E-state index in [1.807, 2.05) is 56.6 Å². The molecule has 0 spiro atoms. The number of para-hydroxylation sites is 1. The van der Waals surface area contributed by atoms with Crippen molar-refractivity contribution >= 4 is 22.9 Å². The van der Waals surface area contributed by atoms with Crippen LogP contribution in [0.3, 0.4) is 0 Å². The molecular weight excluding hydrogens is 322 g/mol. The Morgan fingerprint density at radius 1 is 1.12 bits per heavy atom. The molecule has 0 bridgehead atoms. The molecule has 0 aliphatic heterocycles. The summed E-state index contributed by atoms with van der Waals surface area (Å²) in [5.41, 5.74) is 3.44. The maximum absolute atomic E-state index is 12.2. The quantitative estimate of drug-likeness (QED) is 0.692. The van der Waals surface area contributed by atoms with Gasteiger partial charge < -0.3 is 14.8 Å². The summed E-state index contributed by atoms with van der Waals surface area (Å²) in [5.74, 6) is -0.0825. The molecule has 1 amide bonds. The van der Waals surface area contributed by atoms with E-state index < -0.39 is 0 Å². The van der Waals surface area contributed by atoms with Crippen molar-refractivity contribution in [1.29, 1.82) is 0 Å². The third-order valence-electron chi connectivity index (χ3n) is 4.61. The summed E-state index contributed by atoms with van der Waals surface area (Å²) in [5, 5.41) is 4.25. The van der Waals surface area contributed by atoms with Gasteiger partial charge in [0.1, 0.15) is 0 Å². The zero-order valence-corrected chi connectivity index (χ0v) is 15.5. The molecule has 3 rings (SSSR count). The number of carbonyl (C=O) groups excluding carboxylic acids is 1. The molecule has 134 valence electrons. The standard InChI is InChI=1S/C22H25N3O/c1-24(2)21(19-16-25(3)20-12-8-7-11-18(19)20)15-23-22(26)14-13-17-9-5-4-6-10-17/h4-14,16,21H,15H2,1-3H3,(H,23,26)/b14-13+/t21-/m1/s1. The first kappa shape index (κ1) is 18.0. The summed E-state index contributed by atoms with van der Waals surface area (Å²) in [6.45, 7) is 0.555. The number of amides is 1. The number of carbonyl (C=O) groups is 1. The van der Waals surface area contributed by atoms with Crippen molar-refractivity contribution in [2.24, 2.45) is 7.05 Å². The fourth-order valence-electron chi connectivity index (χ4n) is 3.20. The average Bonchev–Trinajstić information content (AvgIpc) is 2.98. The van der Waals surface area contributed by atoms with Gasteiger partial charge in [-0.3, -0.25) is 4.79 Å². The topological polar surface area (TPSA) is 37.3 Å². The number of hydrogen-bond donors (Lipinski definition) is 1. The molecule has 3 aromatic rings. The van der Waals surface area contributed by atoms with Gasteiger partial charge in [-0.2, -0.15) is 0 Å². The van der Waals surface area contributed by atoms with Crippen LogP contribution in [0.25, 0.3) is 17.0 Å². The Morgan fingerprint density at radius 2 is 1.81 bits per heavy atom. The van der Waals surface area contributed by atoms with Gasteiger partial charge in [-0.15, -0.1) is 0 Å². The normalized spacial score (nSPS) is 12.8. The molecule has 26 heavy (non-hydrogen) atoms. The highest BCUT2D eigenvalue weighted by atomic mass is 16.1. The summed E-state index contributed by atoms with van der Waals surface area (Å²) in [6.07, 6.45) is 5.57. The lowest BCUT2D eigenvalue weighted by Crippen LogP contribution is -2.33. The van der Waals surface area contributed by atoms with E-state index in [4.69, 9.17) is 0 Å². The Hall–Kier alpha value is -2.85. The first-order chi connectivity index (χ1) is 12.6. The molecule has 4 nitrogen and oxygen atoms in total. The van der Waals surface area contributed by atoms with E-state index in [0.29, 0.717) is 6.54 Å². The van der Waals surface area contributed by atoms with Crippen LogP contribution in [0.5, 0.6) is 0 Å². The van der Waals surface area contributed by atoms with Gasteiger partial charge in [-0.25, -0.2) is 0 Å². The molecule has 2 aromatic carbocycles. The van der Waals surface area contributed by atoms with Gasteiger partial charge in [-0.05, 0) is 37.4 Å². The summed E-state index contributed by atoms with van der Waals surface area (Å²) < 4.78 is 2.14. The van der Waals surface area contributed by atoms with Crippen LogP contribution in [0.15, 0.2) is 66.9 Å². The summed E-state index contributed by atoms with van der Waals surface area (Å²) >= 11 is 0. The van der Waals surface area contributed by atoms with Crippen molar-refractivity contribution in [2.45, 2.75) is 6.04 Å². The number of rotatable bonds is 6. The lowest BCUT2D eigenvalue weighted by molar-refractivity contribution is -0.116. The van der Waals surface area contributed by atoms with Gasteiger partial charge >= 0.3 is 0 Å². The van der Waals surface area contributed by atoms with Gasteiger partial charge in [0.25, 0.3) is 0 Å². The number of aryl methyl sites for hydroxylation is 1. The van der Waals surface area contributed by atoms with Crippen LogP contribution >= 0.6 is 0 Å². The molecule has 1 atom stereocenters. The van der Waals surface area contributed by atoms with Crippen molar-refractivity contribution < 1.29 is 4.79 Å². The second-order valence-electron chi connectivity index (χ2n) is 6.68. The van der Waals surface area contributed by atoms with Gasteiger partial charge in [0, 0.05) is 36.8 Å². The molecule has 0 unspecified atom stereocenters. The third kappa shape index (κ3) is 4.03. The first-order valence-electron chi connectivity index (χ1n) is 8.77. The molecule has 1 N–H and O–H groups in total. The fourth-order valence-corrected chi connectivity index (χ4v) is 3.20. The number of hydrogen-bond acceptors (Lipinski definition) is 2. The SMILES string of the molecule is CN(C)[C@H](CNC(=O)/C=C/c1ccccc1)c1cn(C)c2ccccc12. The molecule has 1 aromatic heterocycles. The molecular formula is C22H25N3O. The monoisotopic (exact) mass is 347 g/mol. The predicted octanol–water partition coefficient (Wildman–Crippen LogP) is 3.61. The highest BCUT2D eigenvalue weighted by Crippen LogP contribution is 2.28. The highest BCUT2D eigenvalue weighted by Gasteiger charge is 2.19. The van der Waals surface area contributed by atoms with Crippen molar-refractivity contribution in [3.05, 3.63) is 78.0 Å². The molecule has 0 radical (unpaired) electrons. The van der Waals surface area contributed by atoms with Crippen LogP contribution in [-0.4, -0.2) is 36.0 Å². The van der Waals surface area contributed by atoms with E-state index in [9.17, 15) is 4.79 Å². The second kappa shape index (κ2) is 8.02. The van der Waals surface area contributed by atoms with Crippen LogP contribution in [0.1, 0.15) is 17.2 Å². The van der Waals surface area contributed by atoms with E-state index in [1.54, 1.807) is 6.08 Å². The number of benzene rings is 2. The zero-order valence-electron chi connectivity index (χ0n) is 15.5. The molecule has 1 heterocycles. The van der Waals surface area contributed by atoms with Gasteiger partial charge in [-0.1, -0.05) is 48.5 Å². The molecule has 4 heteroatoms.